The summed E-state index contributed by atoms with van der Waals surface area (Å²) in [5.41, 5.74) is 1.96. The normalized spacial score (nSPS) is 22.3. The van der Waals surface area contributed by atoms with E-state index in [1.807, 2.05) is 0 Å². The molecule has 4 atom stereocenters. The van der Waals surface area contributed by atoms with Gasteiger partial charge in [-0.25, -0.2) is 18.4 Å². The summed E-state index contributed by atoms with van der Waals surface area (Å²) in [7, 11) is 0. The second kappa shape index (κ2) is 16.7. The second-order valence-corrected chi connectivity index (χ2v) is 9.52. The van der Waals surface area contributed by atoms with Gasteiger partial charge in [0.25, 0.3) is 0 Å². The Labute approximate surface area is 232 Å². The van der Waals surface area contributed by atoms with Gasteiger partial charge in [0, 0.05) is 38.0 Å². The zero-order valence-electron chi connectivity index (χ0n) is 22.3. The van der Waals surface area contributed by atoms with Crippen LogP contribution >= 0.6 is 0 Å². The fourth-order valence-electron chi connectivity index (χ4n) is 4.58. The van der Waals surface area contributed by atoms with Crippen LogP contribution in [0.25, 0.3) is 0 Å². The molecule has 2 aliphatic rings. The van der Waals surface area contributed by atoms with Crippen molar-refractivity contribution in [1.29, 1.82) is 0 Å². The van der Waals surface area contributed by atoms with Crippen molar-refractivity contribution < 1.29 is 38.1 Å². The van der Waals surface area contributed by atoms with Crippen molar-refractivity contribution in [1.82, 2.24) is 21.3 Å². The highest BCUT2D eigenvalue weighted by molar-refractivity contribution is 5.67. The molecule has 0 unspecified atom stereocenters. The molecular formula is C28H38F2N4O6. The van der Waals surface area contributed by atoms with Crippen molar-refractivity contribution in [2.75, 3.05) is 39.4 Å². The van der Waals surface area contributed by atoms with Crippen molar-refractivity contribution in [3.8, 4) is 0 Å². The Balaban J connectivity index is 0.000000220. The van der Waals surface area contributed by atoms with E-state index in [1.165, 1.54) is 24.3 Å². The minimum absolute atomic E-state index is 0.0555. The molecule has 2 aliphatic heterocycles. The first-order valence-corrected chi connectivity index (χ1v) is 13.5. The number of hydrogen-bond donors (Lipinski definition) is 6. The van der Waals surface area contributed by atoms with Gasteiger partial charge in [0.1, 0.15) is 23.8 Å². The summed E-state index contributed by atoms with van der Waals surface area (Å²) >= 11 is 0. The van der Waals surface area contributed by atoms with Crippen LogP contribution in [-0.2, 0) is 9.47 Å². The van der Waals surface area contributed by atoms with E-state index >= 15 is 0 Å². The number of carbonyl (C=O) groups excluding carboxylic acids is 2. The quantitative estimate of drug-likeness (QED) is 0.288. The molecule has 0 aliphatic carbocycles. The predicted octanol–water partition coefficient (Wildman–Crippen LogP) is 2.67. The standard InChI is InChI=1S/2C14H19FN2O3/c2*15-11-3-1-10(2-4-11)13-9-12(5-6-16-13)20-14(19)17-7-8-18/h2*1-4,12-13,16,18H,5-9H2,(H,17,19)/t2*12-,13+/m10/s1. The van der Waals surface area contributed by atoms with Gasteiger partial charge in [-0.2, -0.15) is 0 Å². The Morgan fingerprint density at radius 2 is 1.10 bits per heavy atom. The van der Waals surface area contributed by atoms with E-state index in [-0.39, 0.29) is 62.2 Å². The average Bonchev–Trinajstić information content (AvgIpc) is 2.96. The molecule has 0 spiro atoms. The number of aliphatic hydroxyl groups is 2. The van der Waals surface area contributed by atoms with Crippen molar-refractivity contribution in [3.05, 3.63) is 71.3 Å². The number of rotatable bonds is 8. The number of halogens is 2. The molecule has 4 rings (SSSR count). The number of hydrogen-bond acceptors (Lipinski definition) is 8. The number of benzene rings is 2. The number of aliphatic hydroxyl groups excluding tert-OH is 2. The van der Waals surface area contributed by atoms with Gasteiger partial charge in [-0.05, 0) is 61.3 Å². The lowest BCUT2D eigenvalue weighted by molar-refractivity contribution is 0.0668. The van der Waals surface area contributed by atoms with Crippen molar-refractivity contribution in [3.63, 3.8) is 0 Å². The lowest BCUT2D eigenvalue weighted by Crippen LogP contribution is -2.39. The summed E-state index contributed by atoms with van der Waals surface area (Å²) in [6, 6.07) is 12.8. The SMILES string of the molecule is O=C(NCCO)O[C@@H]1CCN[C@H](c2ccc(F)cc2)C1.O=C(NCCO)O[C@H]1CCN[C@@H](c2ccc(F)cc2)C1. The number of alkyl carbamates (subject to hydrolysis) is 2. The lowest BCUT2D eigenvalue weighted by atomic mass is 9.95. The van der Waals surface area contributed by atoms with Gasteiger partial charge in [-0.3, -0.25) is 0 Å². The molecule has 0 bridgehead atoms. The molecule has 12 heteroatoms. The molecule has 0 aromatic heterocycles. The molecule has 0 saturated carbocycles. The molecule has 40 heavy (non-hydrogen) atoms. The van der Waals surface area contributed by atoms with Crippen LogP contribution in [0.5, 0.6) is 0 Å². The van der Waals surface area contributed by atoms with E-state index in [4.69, 9.17) is 19.7 Å². The summed E-state index contributed by atoms with van der Waals surface area (Å²) in [5.74, 6) is -0.526. The highest BCUT2D eigenvalue weighted by atomic mass is 19.1. The average molecular weight is 565 g/mol. The second-order valence-electron chi connectivity index (χ2n) is 9.52. The summed E-state index contributed by atoms with van der Waals surface area (Å²) in [5, 5.41) is 28.8. The fraction of sp³-hybridized carbons (Fsp3) is 0.500. The van der Waals surface area contributed by atoms with Crippen molar-refractivity contribution in [2.45, 2.75) is 50.0 Å². The van der Waals surface area contributed by atoms with E-state index in [9.17, 15) is 18.4 Å². The van der Waals surface area contributed by atoms with Crippen LogP contribution in [0, 0.1) is 11.6 Å². The van der Waals surface area contributed by atoms with Gasteiger partial charge in [0.15, 0.2) is 0 Å². The van der Waals surface area contributed by atoms with Gasteiger partial charge >= 0.3 is 12.2 Å². The molecule has 2 fully saturated rings. The third-order valence-electron chi connectivity index (χ3n) is 6.57. The summed E-state index contributed by atoms with van der Waals surface area (Å²) < 4.78 is 36.4. The highest BCUT2D eigenvalue weighted by Crippen LogP contribution is 2.26. The van der Waals surface area contributed by atoms with E-state index in [0.717, 1.165) is 37.1 Å². The topological polar surface area (TPSA) is 141 Å². The van der Waals surface area contributed by atoms with E-state index in [2.05, 4.69) is 21.3 Å². The highest BCUT2D eigenvalue weighted by Gasteiger charge is 2.26. The molecule has 2 saturated heterocycles. The Kier molecular flexibility index (Phi) is 13.0. The lowest BCUT2D eigenvalue weighted by Gasteiger charge is -2.30. The molecule has 2 amide bonds. The monoisotopic (exact) mass is 564 g/mol. The van der Waals surface area contributed by atoms with Crippen LogP contribution in [0.4, 0.5) is 18.4 Å². The smallest absolute Gasteiger partial charge is 0.407 e. The maximum absolute atomic E-state index is 12.9. The Hall–Kier alpha value is -3.32. The number of ether oxygens (including phenoxy) is 2. The number of nitrogens with one attached hydrogen (secondary N) is 4. The maximum Gasteiger partial charge on any atom is 0.407 e. The number of carbonyl (C=O) groups is 2. The molecule has 2 aromatic rings. The Bertz CT molecular complexity index is 961. The molecule has 2 heterocycles. The van der Waals surface area contributed by atoms with Gasteiger partial charge in [-0.15, -0.1) is 0 Å². The minimum Gasteiger partial charge on any atom is -0.446 e. The molecule has 220 valence electrons. The van der Waals surface area contributed by atoms with Crippen LogP contribution in [0.1, 0.15) is 48.9 Å². The number of amides is 2. The number of piperidine rings is 2. The first-order valence-electron chi connectivity index (χ1n) is 13.5. The van der Waals surface area contributed by atoms with E-state index < -0.39 is 12.2 Å². The molecule has 0 radical (unpaired) electrons. The third kappa shape index (κ3) is 10.7. The summed E-state index contributed by atoms with van der Waals surface area (Å²) in [4.78, 5) is 22.9. The first kappa shape index (κ1) is 31.2. The van der Waals surface area contributed by atoms with Crippen molar-refractivity contribution in [2.24, 2.45) is 0 Å². The Morgan fingerprint density at radius 1 is 0.725 bits per heavy atom. The molecule has 2 aromatic carbocycles. The zero-order valence-corrected chi connectivity index (χ0v) is 22.3. The molecule has 6 N–H and O–H groups in total. The van der Waals surface area contributed by atoms with E-state index in [0.29, 0.717) is 12.8 Å². The predicted molar refractivity (Wildman–Crippen MR) is 143 cm³/mol. The largest absolute Gasteiger partial charge is 0.446 e. The maximum atomic E-state index is 12.9. The fourth-order valence-corrected chi connectivity index (χ4v) is 4.58. The van der Waals surface area contributed by atoms with Crippen LogP contribution in [0.3, 0.4) is 0 Å². The van der Waals surface area contributed by atoms with Crippen LogP contribution < -0.4 is 21.3 Å². The summed E-state index contributed by atoms with van der Waals surface area (Å²) in [6.45, 7) is 1.62. The van der Waals surface area contributed by atoms with Crippen molar-refractivity contribution >= 4 is 12.2 Å². The van der Waals surface area contributed by atoms with Gasteiger partial charge < -0.3 is 41.0 Å². The van der Waals surface area contributed by atoms with Crippen LogP contribution in [0.2, 0.25) is 0 Å². The zero-order chi connectivity index (χ0) is 28.7. The minimum atomic E-state index is -0.510. The van der Waals surface area contributed by atoms with Crippen LogP contribution in [-0.4, -0.2) is 74.0 Å². The first-order chi connectivity index (χ1) is 19.4. The van der Waals surface area contributed by atoms with Gasteiger partial charge in [0.05, 0.1) is 13.2 Å². The Morgan fingerprint density at radius 3 is 1.45 bits per heavy atom. The summed E-state index contributed by atoms with van der Waals surface area (Å²) in [6.07, 6.45) is 1.41. The van der Waals surface area contributed by atoms with Gasteiger partial charge in [-0.1, -0.05) is 24.3 Å². The molecular weight excluding hydrogens is 526 g/mol. The van der Waals surface area contributed by atoms with E-state index in [1.54, 1.807) is 24.3 Å². The third-order valence-corrected chi connectivity index (χ3v) is 6.57. The molecule has 10 nitrogen and oxygen atoms in total. The van der Waals surface area contributed by atoms with Crippen LogP contribution in [0.15, 0.2) is 48.5 Å². The van der Waals surface area contributed by atoms with Gasteiger partial charge in [0.2, 0.25) is 0 Å².